The lowest BCUT2D eigenvalue weighted by atomic mass is 9.88. The van der Waals surface area contributed by atoms with Crippen molar-refractivity contribution in [3.63, 3.8) is 0 Å². The number of ether oxygens (including phenoxy) is 1. The van der Waals surface area contributed by atoms with Gasteiger partial charge in [-0.25, -0.2) is 0 Å². The van der Waals surface area contributed by atoms with Crippen molar-refractivity contribution in [3.05, 3.63) is 57.6 Å². The summed E-state index contributed by atoms with van der Waals surface area (Å²) in [6.07, 6.45) is 4.74. The summed E-state index contributed by atoms with van der Waals surface area (Å²) in [5, 5.41) is 14.0. The molecule has 0 unspecified atom stereocenters. The van der Waals surface area contributed by atoms with Crippen molar-refractivity contribution in [2.45, 2.75) is 64.6 Å². The minimum atomic E-state index is -0.360. The Hall–Kier alpha value is -2.32. The van der Waals surface area contributed by atoms with Crippen LogP contribution in [0.1, 0.15) is 61.9 Å². The molecule has 0 bridgehead atoms. The largest absolute Gasteiger partial charge is 0.486 e. The van der Waals surface area contributed by atoms with E-state index in [-0.39, 0.29) is 42.4 Å². The van der Waals surface area contributed by atoms with Gasteiger partial charge in [-0.15, -0.1) is 0 Å². The van der Waals surface area contributed by atoms with E-state index in [0.717, 1.165) is 37.7 Å². The van der Waals surface area contributed by atoms with Gasteiger partial charge in [-0.1, -0.05) is 61.5 Å². The third-order valence-electron chi connectivity index (χ3n) is 7.85. The zero-order valence-electron chi connectivity index (χ0n) is 23.0. The summed E-state index contributed by atoms with van der Waals surface area (Å²) in [7, 11) is 2.01. The number of hydrogen-bond donors (Lipinski definition) is 2. The lowest BCUT2D eigenvalue weighted by Crippen LogP contribution is -2.49. The zero-order chi connectivity index (χ0) is 28.1. The summed E-state index contributed by atoms with van der Waals surface area (Å²) in [4.78, 5) is 30.7. The second-order valence-corrected chi connectivity index (χ2v) is 11.9. The molecule has 9 heteroatoms. The van der Waals surface area contributed by atoms with E-state index in [2.05, 4.69) is 17.1 Å². The van der Waals surface area contributed by atoms with Gasteiger partial charge < -0.3 is 20.1 Å². The number of aliphatic hydroxyl groups excluding tert-OH is 1. The van der Waals surface area contributed by atoms with Crippen LogP contribution in [0.15, 0.2) is 36.4 Å². The van der Waals surface area contributed by atoms with Crippen molar-refractivity contribution in [3.8, 4) is 5.75 Å². The van der Waals surface area contributed by atoms with Gasteiger partial charge in [-0.3, -0.25) is 14.5 Å². The van der Waals surface area contributed by atoms with Crippen LogP contribution in [-0.2, 0) is 11.3 Å². The van der Waals surface area contributed by atoms with E-state index >= 15 is 0 Å². The van der Waals surface area contributed by atoms with Crippen molar-refractivity contribution < 1.29 is 19.4 Å². The standard InChI is InChI=1S/C30H39Cl2N3O4/c1-19-15-35(20(2)18-36)30(38)23-10-7-11-26(33-29(37)22-8-5-4-6-9-22)28(23)39-27(19)17-34(3)16-21-12-13-24(31)25(32)14-21/h7,10-14,19-20,22,27,36H,4-6,8-9,15-18H2,1-3H3,(H,33,37)/t19-,20+,27-/m0/s1. The molecule has 3 atom stereocenters. The molecule has 0 saturated heterocycles. The number of amides is 2. The smallest absolute Gasteiger partial charge is 0.258 e. The van der Waals surface area contributed by atoms with Crippen molar-refractivity contribution >= 4 is 40.7 Å². The van der Waals surface area contributed by atoms with Crippen LogP contribution in [0.4, 0.5) is 5.69 Å². The van der Waals surface area contributed by atoms with Gasteiger partial charge in [0.1, 0.15) is 6.10 Å². The lowest BCUT2D eigenvalue weighted by Gasteiger charge is -2.38. The van der Waals surface area contributed by atoms with Gasteiger partial charge in [0, 0.05) is 31.5 Å². The highest BCUT2D eigenvalue weighted by Crippen LogP contribution is 2.36. The highest BCUT2D eigenvalue weighted by atomic mass is 35.5. The summed E-state index contributed by atoms with van der Waals surface area (Å²) >= 11 is 12.3. The molecule has 1 heterocycles. The molecule has 4 rings (SSSR count). The summed E-state index contributed by atoms with van der Waals surface area (Å²) in [6, 6.07) is 10.5. The fourth-order valence-electron chi connectivity index (χ4n) is 5.48. The third-order valence-corrected chi connectivity index (χ3v) is 8.59. The fourth-order valence-corrected chi connectivity index (χ4v) is 5.80. The van der Waals surface area contributed by atoms with Crippen molar-refractivity contribution in [1.82, 2.24) is 9.80 Å². The molecular formula is C30H39Cl2N3O4. The molecule has 1 aliphatic heterocycles. The lowest BCUT2D eigenvalue weighted by molar-refractivity contribution is -0.120. The van der Waals surface area contributed by atoms with Gasteiger partial charge in [0.2, 0.25) is 5.91 Å². The number of rotatable bonds is 8. The quantitative estimate of drug-likeness (QED) is 0.411. The summed E-state index contributed by atoms with van der Waals surface area (Å²) in [5.41, 5.74) is 1.93. The van der Waals surface area contributed by atoms with Gasteiger partial charge in [-0.2, -0.15) is 0 Å². The Labute approximate surface area is 241 Å². The van der Waals surface area contributed by atoms with E-state index in [1.54, 1.807) is 29.2 Å². The molecule has 1 saturated carbocycles. The van der Waals surface area contributed by atoms with Gasteiger partial charge >= 0.3 is 0 Å². The molecule has 0 spiro atoms. The first-order valence-corrected chi connectivity index (χ1v) is 14.6. The van der Waals surface area contributed by atoms with Crippen LogP contribution in [-0.4, -0.2) is 65.6 Å². The molecule has 2 aliphatic rings. The first-order valence-electron chi connectivity index (χ1n) is 13.8. The van der Waals surface area contributed by atoms with Crippen molar-refractivity contribution in [1.29, 1.82) is 0 Å². The van der Waals surface area contributed by atoms with Crippen LogP contribution >= 0.6 is 23.2 Å². The molecule has 2 aromatic carbocycles. The second kappa shape index (κ2) is 13.4. The minimum Gasteiger partial charge on any atom is -0.486 e. The number of aliphatic hydroxyl groups is 1. The van der Waals surface area contributed by atoms with Gasteiger partial charge in [0.15, 0.2) is 5.75 Å². The molecule has 39 heavy (non-hydrogen) atoms. The summed E-state index contributed by atoms with van der Waals surface area (Å²) < 4.78 is 6.64. The van der Waals surface area contributed by atoms with E-state index in [4.69, 9.17) is 27.9 Å². The van der Waals surface area contributed by atoms with Crippen LogP contribution in [0.25, 0.3) is 0 Å². The summed E-state index contributed by atoms with van der Waals surface area (Å²) in [5.74, 6) is 0.0745. The highest BCUT2D eigenvalue weighted by Gasteiger charge is 2.35. The van der Waals surface area contributed by atoms with Gasteiger partial charge in [0.25, 0.3) is 5.91 Å². The number of likely N-dealkylation sites (N-methyl/N-ethyl adjacent to an activating group) is 1. The molecule has 2 N–H and O–H groups in total. The number of hydrogen-bond acceptors (Lipinski definition) is 5. The van der Waals surface area contributed by atoms with Crippen molar-refractivity contribution in [2.24, 2.45) is 11.8 Å². The van der Waals surface area contributed by atoms with E-state index in [0.29, 0.717) is 46.7 Å². The number of carbonyl (C=O) groups is 2. The van der Waals surface area contributed by atoms with Crippen LogP contribution < -0.4 is 10.1 Å². The van der Waals surface area contributed by atoms with E-state index < -0.39 is 0 Å². The zero-order valence-corrected chi connectivity index (χ0v) is 24.5. The van der Waals surface area contributed by atoms with Gasteiger partial charge in [-0.05, 0) is 56.6 Å². The highest BCUT2D eigenvalue weighted by molar-refractivity contribution is 6.42. The molecular weight excluding hydrogens is 537 g/mol. The Balaban J connectivity index is 1.63. The SMILES string of the molecule is C[C@H](CO)N1C[C@H](C)[C@H](CN(C)Cc2ccc(Cl)c(Cl)c2)Oc2c(NC(=O)C3CCCCC3)cccc2C1=O. The number of para-hydroxylation sites is 1. The average Bonchev–Trinajstić information content (AvgIpc) is 2.93. The third kappa shape index (κ3) is 7.26. The van der Waals surface area contributed by atoms with Crippen LogP contribution in [0, 0.1) is 11.8 Å². The second-order valence-electron chi connectivity index (χ2n) is 11.1. The first-order chi connectivity index (χ1) is 18.7. The predicted molar refractivity (Wildman–Crippen MR) is 156 cm³/mol. The van der Waals surface area contributed by atoms with E-state index in [9.17, 15) is 14.7 Å². The summed E-state index contributed by atoms with van der Waals surface area (Å²) in [6.45, 7) is 5.38. The monoisotopic (exact) mass is 575 g/mol. The molecule has 1 aliphatic carbocycles. The van der Waals surface area contributed by atoms with Crippen LogP contribution in [0.2, 0.25) is 10.0 Å². The fraction of sp³-hybridized carbons (Fsp3) is 0.533. The van der Waals surface area contributed by atoms with E-state index in [1.165, 1.54) is 0 Å². The van der Waals surface area contributed by atoms with Gasteiger partial charge in [0.05, 0.1) is 33.9 Å². The number of carbonyl (C=O) groups excluding carboxylic acids is 2. The molecule has 7 nitrogen and oxygen atoms in total. The Bertz CT molecular complexity index is 1170. The Kier molecular flexibility index (Phi) is 10.2. The Morgan fingerprint density at radius 3 is 2.62 bits per heavy atom. The number of benzene rings is 2. The number of nitrogens with one attached hydrogen (secondary N) is 1. The Morgan fingerprint density at radius 1 is 1.18 bits per heavy atom. The molecule has 0 aromatic heterocycles. The number of halogens is 2. The maximum Gasteiger partial charge on any atom is 0.258 e. The normalized spacial score (nSPS) is 21.1. The predicted octanol–water partition coefficient (Wildman–Crippen LogP) is 5.86. The number of fused-ring (bicyclic) bond motifs is 1. The Morgan fingerprint density at radius 2 is 1.92 bits per heavy atom. The molecule has 0 radical (unpaired) electrons. The topological polar surface area (TPSA) is 82.1 Å². The van der Waals surface area contributed by atoms with Crippen LogP contribution in [0.5, 0.6) is 5.75 Å². The molecule has 2 aromatic rings. The minimum absolute atomic E-state index is 0.0249. The molecule has 2 amide bonds. The maximum absolute atomic E-state index is 13.7. The number of anilines is 1. The van der Waals surface area contributed by atoms with Crippen molar-refractivity contribution in [2.75, 3.05) is 32.1 Å². The van der Waals surface area contributed by atoms with Crippen LogP contribution in [0.3, 0.4) is 0 Å². The maximum atomic E-state index is 13.7. The number of nitrogens with zero attached hydrogens (tertiary/aromatic N) is 2. The molecule has 1 fully saturated rings. The average molecular weight is 577 g/mol. The van der Waals surface area contributed by atoms with E-state index in [1.807, 2.05) is 26.1 Å². The first kappa shape index (κ1) is 29.7. The molecule has 212 valence electrons.